The average Bonchev–Trinajstić information content (AvgIpc) is 3.03. The van der Waals surface area contributed by atoms with Crippen LogP contribution in [0.2, 0.25) is 0 Å². The number of hydrogen-bond acceptors (Lipinski definition) is 5. The minimum absolute atomic E-state index is 0.0140. The van der Waals surface area contributed by atoms with E-state index in [0.717, 1.165) is 29.1 Å². The quantitative estimate of drug-likeness (QED) is 0.561. The molecule has 0 bridgehead atoms. The number of aromatic nitrogens is 2. The summed E-state index contributed by atoms with van der Waals surface area (Å²) in [6.07, 6.45) is 4.22. The van der Waals surface area contributed by atoms with Gasteiger partial charge in [-0.1, -0.05) is 44.2 Å². The van der Waals surface area contributed by atoms with Crippen molar-refractivity contribution in [3.8, 4) is 0 Å². The minimum Gasteiger partial charge on any atom is -0.325 e. The van der Waals surface area contributed by atoms with Crippen LogP contribution in [0.1, 0.15) is 37.9 Å². The molecule has 0 spiro atoms. The summed E-state index contributed by atoms with van der Waals surface area (Å²) < 4.78 is 1.55. The van der Waals surface area contributed by atoms with Gasteiger partial charge in [-0.25, -0.2) is 4.98 Å². The largest absolute Gasteiger partial charge is 0.325 e. The summed E-state index contributed by atoms with van der Waals surface area (Å²) in [5.41, 5.74) is 2.93. The van der Waals surface area contributed by atoms with Crippen molar-refractivity contribution in [1.82, 2.24) is 9.55 Å². The van der Waals surface area contributed by atoms with Crippen LogP contribution in [0.5, 0.6) is 0 Å². The maximum atomic E-state index is 12.5. The van der Waals surface area contributed by atoms with Crippen LogP contribution in [0.15, 0.2) is 39.1 Å². The van der Waals surface area contributed by atoms with E-state index in [4.69, 9.17) is 0 Å². The molecule has 0 aliphatic carbocycles. The zero-order chi connectivity index (χ0) is 19.4. The smallest absolute Gasteiger partial charge is 0.267 e. The number of nitrogens with zero attached hydrogens (tertiary/aromatic N) is 2. The lowest BCUT2D eigenvalue weighted by molar-refractivity contribution is -0.113. The molecular weight excluding hydrogens is 378 g/mol. The van der Waals surface area contributed by atoms with Gasteiger partial charge in [-0.3, -0.25) is 14.2 Å². The molecule has 2 heterocycles. The van der Waals surface area contributed by atoms with Gasteiger partial charge in [0.25, 0.3) is 5.56 Å². The van der Waals surface area contributed by atoms with Crippen LogP contribution in [0.4, 0.5) is 5.69 Å². The zero-order valence-corrected chi connectivity index (χ0v) is 17.6. The number of amides is 1. The van der Waals surface area contributed by atoms with Gasteiger partial charge in [-0.05, 0) is 30.5 Å². The highest BCUT2D eigenvalue weighted by atomic mass is 32.2. The normalized spacial score (nSPS) is 15.6. The predicted octanol–water partition coefficient (Wildman–Crippen LogP) is 3.89. The first-order valence-electron chi connectivity index (χ1n) is 9.26. The molecule has 1 N–H and O–H groups in total. The van der Waals surface area contributed by atoms with Gasteiger partial charge >= 0.3 is 0 Å². The van der Waals surface area contributed by atoms with Gasteiger partial charge < -0.3 is 5.32 Å². The Labute approximate surface area is 168 Å². The van der Waals surface area contributed by atoms with Gasteiger partial charge in [-0.15, -0.1) is 11.8 Å². The third kappa shape index (κ3) is 4.96. The van der Waals surface area contributed by atoms with E-state index in [2.05, 4.69) is 36.3 Å². The molecule has 27 heavy (non-hydrogen) atoms. The Hall–Kier alpha value is -1.73. The van der Waals surface area contributed by atoms with Crippen molar-refractivity contribution in [2.45, 2.75) is 54.8 Å². The third-order valence-corrected chi connectivity index (χ3v) is 6.71. The number of rotatable bonds is 7. The lowest BCUT2D eigenvalue weighted by Crippen LogP contribution is -2.23. The van der Waals surface area contributed by atoms with Crippen LogP contribution in [0.25, 0.3) is 0 Å². The van der Waals surface area contributed by atoms with Crippen LogP contribution >= 0.6 is 23.5 Å². The molecule has 3 rings (SSSR count). The van der Waals surface area contributed by atoms with Crippen LogP contribution in [-0.2, 0) is 24.7 Å². The summed E-state index contributed by atoms with van der Waals surface area (Å²) in [5.74, 6) is 0.123. The highest BCUT2D eigenvalue weighted by Gasteiger charge is 2.25. The summed E-state index contributed by atoms with van der Waals surface area (Å²) in [7, 11) is 1.72. The van der Waals surface area contributed by atoms with Gasteiger partial charge in [0.2, 0.25) is 5.91 Å². The predicted molar refractivity (Wildman–Crippen MR) is 113 cm³/mol. The van der Waals surface area contributed by atoms with Gasteiger partial charge in [0.1, 0.15) is 0 Å². The summed E-state index contributed by atoms with van der Waals surface area (Å²) in [6, 6.07) is 8.00. The molecular formula is C20H25N3O2S2. The number of carbonyl (C=O) groups is 1. The lowest BCUT2D eigenvalue weighted by Gasteiger charge is -2.10. The van der Waals surface area contributed by atoms with E-state index in [-0.39, 0.29) is 17.2 Å². The molecule has 1 atom stereocenters. The molecule has 0 radical (unpaired) electrons. The first-order valence-corrected chi connectivity index (χ1v) is 11.1. The average molecular weight is 404 g/mol. The maximum absolute atomic E-state index is 12.5. The van der Waals surface area contributed by atoms with Crippen LogP contribution in [0, 0.1) is 0 Å². The summed E-state index contributed by atoms with van der Waals surface area (Å²) in [6.45, 7) is 4.27. The topological polar surface area (TPSA) is 64.0 Å². The van der Waals surface area contributed by atoms with Crippen molar-refractivity contribution >= 4 is 35.1 Å². The Kier molecular flexibility index (Phi) is 6.65. The van der Waals surface area contributed by atoms with E-state index < -0.39 is 0 Å². The van der Waals surface area contributed by atoms with Gasteiger partial charge in [0.05, 0.1) is 16.3 Å². The molecule has 1 aliphatic heterocycles. The molecule has 7 heteroatoms. The molecule has 1 aliphatic rings. The second-order valence-electron chi connectivity index (χ2n) is 6.80. The number of unbranched alkanes of at least 4 members (excludes halogenated alkanes) is 1. The summed E-state index contributed by atoms with van der Waals surface area (Å²) in [4.78, 5) is 30.1. The lowest BCUT2D eigenvalue weighted by atomic mass is 10.1. The molecule has 0 fully saturated rings. The van der Waals surface area contributed by atoms with E-state index in [0.29, 0.717) is 10.4 Å². The van der Waals surface area contributed by atoms with Crippen molar-refractivity contribution in [2.24, 2.45) is 7.05 Å². The maximum Gasteiger partial charge on any atom is 0.267 e. The molecule has 1 amide bonds. The van der Waals surface area contributed by atoms with E-state index in [1.807, 2.05) is 12.1 Å². The summed E-state index contributed by atoms with van der Waals surface area (Å²) >= 11 is 2.89. The number of thioether (sulfide) groups is 2. The first-order chi connectivity index (χ1) is 13.0. The molecule has 1 aromatic heterocycles. The number of benzene rings is 1. The Balaban J connectivity index is 1.59. The molecule has 0 saturated heterocycles. The van der Waals surface area contributed by atoms with Crippen molar-refractivity contribution in [2.75, 3.05) is 11.1 Å². The van der Waals surface area contributed by atoms with Crippen molar-refractivity contribution < 1.29 is 4.79 Å². The van der Waals surface area contributed by atoms with Crippen LogP contribution in [0.3, 0.4) is 0 Å². The highest BCUT2D eigenvalue weighted by Crippen LogP contribution is 2.33. The van der Waals surface area contributed by atoms with Crippen LogP contribution < -0.4 is 10.9 Å². The minimum atomic E-state index is -0.0983. The SMILES string of the molecule is CCCCc1ccc(NC(=O)CSc2nc3c(c(=O)n2C)S[C@H](C)C3)cc1. The number of nitrogens with one attached hydrogen (secondary N) is 1. The molecule has 144 valence electrons. The van der Waals surface area contributed by atoms with Crippen molar-refractivity contribution in [3.05, 3.63) is 45.9 Å². The number of hydrogen-bond donors (Lipinski definition) is 1. The second-order valence-corrected chi connectivity index (χ2v) is 9.20. The number of aryl methyl sites for hydroxylation is 1. The molecule has 0 unspecified atom stereocenters. The monoisotopic (exact) mass is 403 g/mol. The number of fused-ring (bicyclic) bond motifs is 1. The Morgan fingerprint density at radius 2 is 2.11 bits per heavy atom. The van der Waals surface area contributed by atoms with Gasteiger partial charge in [0.15, 0.2) is 5.16 Å². The van der Waals surface area contributed by atoms with E-state index in [1.165, 1.54) is 30.2 Å². The third-order valence-electron chi connectivity index (χ3n) is 4.47. The van der Waals surface area contributed by atoms with Gasteiger partial charge in [0, 0.05) is 24.4 Å². The fourth-order valence-corrected chi connectivity index (χ4v) is 4.90. The second kappa shape index (κ2) is 8.97. The highest BCUT2D eigenvalue weighted by molar-refractivity contribution is 8.00. The fourth-order valence-electron chi connectivity index (χ4n) is 2.97. The molecule has 2 aromatic rings. The molecule has 0 saturated carbocycles. The van der Waals surface area contributed by atoms with Gasteiger partial charge in [-0.2, -0.15) is 0 Å². The first kappa shape index (κ1) is 20.0. The fraction of sp³-hybridized carbons (Fsp3) is 0.450. The Morgan fingerprint density at radius 1 is 1.37 bits per heavy atom. The van der Waals surface area contributed by atoms with E-state index in [1.54, 1.807) is 23.4 Å². The zero-order valence-electron chi connectivity index (χ0n) is 15.9. The number of anilines is 1. The Bertz CT molecular complexity index is 878. The van der Waals surface area contributed by atoms with E-state index in [9.17, 15) is 9.59 Å². The molecule has 5 nitrogen and oxygen atoms in total. The molecule has 1 aromatic carbocycles. The van der Waals surface area contributed by atoms with Crippen molar-refractivity contribution in [1.29, 1.82) is 0 Å². The van der Waals surface area contributed by atoms with E-state index >= 15 is 0 Å². The Morgan fingerprint density at radius 3 is 2.81 bits per heavy atom. The summed E-state index contributed by atoms with van der Waals surface area (Å²) in [5, 5.41) is 3.88. The number of carbonyl (C=O) groups excluding carboxylic acids is 1. The van der Waals surface area contributed by atoms with Crippen molar-refractivity contribution in [3.63, 3.8) is 0 Å². The van der Waals surface area contributed by atoms with Crippen LogP contribution in [-0.4, -0.2) is 26.5 Å². The standard InChI is InChI=1S/C20H25N3O2S2/c1-4-5-6-14-7-9-15(10-8-14)21-17(24)12-26-20-22-16-11-13(2)27-18(16)19(25)23(20)3/h7-10,13H,4-6,11-12H2,1-3H3,(H,21,24)/t13-/m1/s1.